The van der Waals surface area contributed by atoms with Gasteiger partial charge < -0.3 is 10.2 Å². The van der Waals surface area contributed by atoms with Crippen LogP contribution in [-0.4, -0.2) is 45.2 Å². The molecule has 6 nitrogen and oxygen atoms in total. The molecule has 22 heavy (non-hydrogen) atoms. The minimum absolute atomic E-state index is 0.138. The summed E-state index contributed by atoms with van der Waals surface area (Å²) < 4.78 is 24.8. The van der Waals surface area contributed by atoms with E-state index in [2.05, 4.69) is 10.0 Å². The van der Waals surface area contributed by atoms with E-state index < -0.39 is 10.0 Å². The monoisotopic (exact) mass is 345 g/mol. The van der Waals surface area contributed by atoms with Crippen LogP contribution in [0.1, 0.15) is 12.8 Å². The summed E-state index contributed by atoms with van der Waals surface area (Å²) in [6.07, 6.45) is 2.91. The van der Waals surface area contributed by atoms with Crippen molar-refractivity contribution < 1.29 is 13.2 Å². The highest BCUT2D eigenvalue weighted by Crippen LogP contribution is 2.18. The SMILES string of the molecule is CS(=O)(=O)NC[C@@H]1CCCN(C(=O)Nc2ccc(Cl)cc2)C1. The Bertz CT molecular complexity index is 619. The number of benzene rings is 1. The molecule has 0 aromatic heterocycles. The van der Waals surface area contributed by atoms with Crippen LogP contribution in [0.3, 0.4) is 0 Å². The molecule has 8 heteroatoms. The average Bonchev–Trinajstić information content (AvgIpc) is 2.47. The number of anilines is 1. The number of carbonyl (C=O) groups excluding carboxylic acids is 1. The van der Waals surface area contributed by atoms with Gasteiger partial charge in [0.25, 0.3) is 0 Å². The summed E-state index contributed by atoms with van der Waals surface area (Å²) in [5.74, 6) is 0.138. The molecule has 2 N–H and O–H groups in total. The Balaban J connectivity index is 1.88. The van der Waals surface area contributed by atoms with Crippen molar-refractivity contribution in [1.82, 2.24) is 9.62 Å². The van der Waals surface area contributed by atoms with E-state index in [-0.39, 0.29) is 11.9 Å². The molecule has 1 aliphatic heterocycles. The lowest BCUT2D eigenvalue weighted by Crippen LogP contribution is -2.45. The molecule has 1 heterocycles. The van der Waals surface area contributed by atoms with E-state index in [0.717, 1.165) is 19.1 Å². The van der Waals surface area contributed by atoms with Crippen LogP contribution >= 0.6 is 11.6 Å². The van der Waals surface area contributed by atoms with Gasteiger partial charge in [-0.25, -0.2) is 17.9 Å². The molecule has 1 aliphatic rings. The maximum atomic E-state index is 12.2. The number of likely N-dealkylation sites (tertiary alicyclic amines) is 1. The van der Waals surface area contributed by atoms with Crippen LogP contribution < -0.4 is 10.0 Å². The maximum Gasteiger partial charge on any atom is 0.321 e. The first-order valence-corrected chi connectivity index (χ1v) is 9.36. The smallest absolute Gasteiger partial charge is 0.321 e. The molecule has 1 aromatic carbocycles. The van der Waals surface area contributed by atoms with Crippen LogP contribution in [0.15, 0.2) is 24.3 Å². The second-order valence-electron chi connectivity index (χ2n) is 5.51. The molecule has 0 radical (unpaired) electrons. The van der Waals surface area contributed by atoms with E-state index in [1.165, 1.54) is 0 Å². The Kier molecular flexibility index (Phi) is 5.66. The Morgan fingerprint density at radius 2 is 2.05 bits per heavy atom. The van der Waals surface area contributed by atoms with Gasteiger partial charge in [-0.3, -0.25) is 0 Å². The molecule has 1 atom stereocenters. The number of rotatable bonds is 4. The molecule has 0 bridgehead atoms. The summed E-state index contributed by atoms with van der Waals surface area (Å²) in [5.41, 5.74) is 0.686. The second-order valence-corrected chi connectivity index (χ2v) is 7.78. The molecule has 2 amide bonds. The third-order valence-corrected chi connectivity index (χ3v) is 4.48. The van der Waals surface area contributed by atoms with Gasteiger partial charge in [-0.05, 0) is 43.0 Å². The lowest BCUT2D eigenvalue weighted by molar-refractivity contribution is 0.178. The van der Waals surface area contributed by atoms with Gasteiger partial charge in [-0.15, -0.1) is 0 Å². The number of nitrogens with one attached hydrogen (secondary N) is 2. The first-order valence-electron chi connectivity index (χ1n) is 7.09. The second kappa shape index (κ2) is 7.30. The van der Waals surface area contributed by atoms with E-state index in [1.54, 1.807) is 29.2 Å². The van der Waals surface area contributed by atoms with Crippen LogP contribution in [0.5, 0.6) is 0 Å². The van der Waals surface area contributed by atoms with Gasteiger partial charge in [0.1, 0.15) is 0 Å². The number of urea groups is 1. The number of amides is 2. The van der Waals surface area contributed by atoms with Crippen molar-refractivity contribution in [3.8, 4) is 0 Å². The maximum absolute atomic E-state index is 12.2. The number of sulfonamides is 1. The highest BCUT2D eigenvalue weighted by Gasteiger charge is 2.24. The van der Waals surface area contributed by atoms with Crippen LogP contribution in [-0.2, 0) is 10.0 Å². The third-order valence-electron chi connectivity index (χ3n) is 3.54. The summed E-state index contributed by atoms with van der Waals surface area (Å²) >= 11 is 5.81. The van der Waals surface area contributed by atoms with Crippen molar-refractivity contribution in [2.24, 2.45) is 5.92 Å². The number of hydrogen-bond donors (Lipinski definition) is 2. The van der Waals surface area contributed by atoms with Crippen LogP contribution in [0.2, 0.25) is 5.02 Å². The number of nitrogens with zero attached hydrogens (tertiary/aromatic N) is 1. The summed E-state index contributed by atoms with van der Waals surface area (Å²) in [7, 11) is -3.20. The molecular weight excluding hydrogens is 326 g/mol. The Hall–Kier alpha value is -1.31. The van der Waals surface area contributed by atoms with Crippen LogP contribution in [0.4, 0.5) is 10.5 Å². The Morgan fingerprint density at radius 1 is 1.36 bits per heavy atom. The minimum Gasteiger partial charge on any atom is -0.324 e. The Morgan fingerprint density at radius 3 is 2.68 bits per heavy atom. The predicted octanol–water partition coefficient (Wildman–Crippen LogP) is 2.13. The molecule has 1 aromatic rings. The normalized spacial score (nSPS) is 19.0. The molecule has 0 unspecified atom stereocenters. The molecule has 2 rings (SSSR count). The molecule has 1 saturated heterocycles. The molecule has 0 spiro atoms. The zero-order chi connectivity index (χ0) is 16.2. The zero-order valence-corrected chi connectivity index (χ0v) is 14.0. The summed E-state index contributed by atoms with van der Waals surface area (Å²) in [6.45, 7) is 1.58. The molecule has 0 saturated carbocycles. The van der Waals surface area contributed by atoms with E-state index >= 15 is 0 Å². The average molecular weight is 346 g/mol. The van der Waals surface area contributed by atoms with Crippen molar-refractivity contribution in [2.45, 2.75) is 12.8 Å². The number of piperidine rings is 1. The number of hydrogen-bond acceptors (Lipinski definition) is 3. The standard InChI is InChI=1S/C14H20ClN3O3S/c1-22(20,21)16-9-11-3-2-8-18(10-11)14(19)17-13-6-4-12(15)5-7-13/h4-7,11,16H,2-3,8-10H2,1H3,(H,17,19)/t11-/m0/s1. The topological polar surface area (TPSA) is 78.5 Å². The van der Waals surface area contributed by atoms with Crippen LogP contribution in [0.25, 0.3) is 0 Å². The fourth-order valence-corrected chi connectivity index (χ4v) is 3.09. The highest BCUT2D eigenvalue weighted by molar-refractivity contribution is 7.88. The number of carbonyl (C=O) groups is 1. The van der Waals surface area contributed by atoms with E-state index in [9.17, 15) is 13.2 Å². The zero-order valence-electron chi connectivity index (χ0n) is 12.4. The first kappa shape index (κ1) is 17.1. The van der Waals surface area contributed by atoms with E-state index in [1.807, 2.05) is 0 Å². The molecule has 122 valence electrons. The van der Waals surface area contributed by atoms with Crippen molar-refractivity contribution in [3.05, 3.63) is 29.3 Å². The van der Waals surface area contributed by atoms with Crippen LogP contribution in [0, 0.1) is 5.92 Å². The summed E-state index contributed by atoms with van der Waals surface area (Å²) in [5, 5.41) is 3.44. The van der Waals surface area contributed by atoms with Gasteiger partial charge in [-0.2, -0.15) is 0 Å². The lowest BCUT2D eigenvalue weighted by atomic mass is 9.99. The van der Waals surface area contributed by atoms with E-state index in [0.29, 0.717) is 30.3 Å². The first-order chi connectivity index (χ1) is 10.3. The molecule has 0 aliphatic carbocycles. The van der Waals surface area contributed by atoms with Gasteiger partial charge in [0.2, 0.25) is 10.0 Å². The molecular formula is C14H20ClN3O3S. The largest absolute Gasteiger partial charge is 0.324 e. The van der Waals surface area contributed by atoms with Crippen molar-refractivity contribution in [3.63, 3.8) is 0 Å². The van der Waals surface area contributed by atoms with Crippen molar-refractivity contribution in [1.29, 1.82) is 0 Å². The lowest BCUT2D eigenvalue weighted by Gasteiger charge is -2.32. The quantitative estimate of drug-likeness (QED) is 0.877. The van der Waals surface area contributed by atoms with Crippen molar-refractivity contribution >= 4 is 33.3 Å². The van der Waals surface area contributed by atoms with Gasteiger partial charge in [-0.1, -0.05) is 11.6 Å². The Labute approximate surface area is 135 Å². The molecule has 1 fully saturated rings. The highest BCUT2D eigenvalue weighted by atomic mass is 35.5. The summed E-state index contributed by atoms with van der Waals surface area (Å²) in [6, 6.07) is 6.74. The van der Waals surface area contributed by atoms with Crippen molar-refractivity contribution in [2.75, 3.05) is 31.2 Å². The van der Waals surface area contributed by atoms with Gasteiger partial charge in [0, 0.05) is 30.3 Å². The minimum atomic E-state index is -3.20. The fraction of sp³-hybridized carbons (Fsp3) is 0.500. The van der Waals surface area contributed by atoms with Gasteiger partial charge >= 0.3 is 6.03 Å². The van der Waals surface area contributed by atoms with Gasteiger partial charge in [0.05, 0.1) is 6.26 Å². The van der Waals surface area contributed by atoms with E-state index in [4.69, 9.17) is 11.6 Å². The predicted molar refractivity (Wildman–Crippen MR) is 87.6 cm³/mol. The number of halogens is 1. The van der Waals surface area contributed by atoms with Gasteiger partial charge in [0.15, 0.2) is 0 Å². The fourth-order valence-electron chi connectivity index (χ4n) is 2.42. The third kappa shape index (κ3) is 5.47. The summed E-state index contributed by atoms with van der Waals surface area (Å²) in [4.78, 5) is 14.0.